The SMILES string of the molecule is CC(C)(C)NC(=O)COC(=O)c1cc(S(=O)(=O)N2CCOCC2)ccc1Cl. The lowest BCUT2D eigenvalue weighted by Gasteiger charge is -2.26. The van der Waals surface area contributed by atoms with Crippen LogP contribution < -0.4 is 5.32 Å². The molecule has 10 heteroatoms. The summed E-state index contributed by atoms with van der Waals surface area (Å²) in [6.07, 6.45) is 0. The van der Waals surface area contributed by atoms with Crippen LogP contribution in [0.3, 0.4) is 0 Å². The second-order valence-electron chi connectivity index (χ2n) is 7.03. The summed E-state index contributed by atoms with van der Waals surface area (Å²) in [6.45, 7) is 5.98. The first-order chi connectivity index (χ1) is 12.5. The number of carbonyl (C=O) groups is 2. The summed E-state index contributed by atoms with van der Waals surface area (Å²) in [5, 5.41) is 2.69. The molecule has 150 valence electrons. The predicted molar refractivity (Wildman–Crippen MR) is 99.2 cm³/mol. The van der Waals surface area contributed by atoms with Crippen molar-refractivity contribution < 1.29 is 27.5 Å². The molecule has 1 amide bonds. The van der Waals surface area contributed by atoms with Crippen LogP contribution in [0.25, 0.3) is 0 Å². The van der Waals surface area contributed by atoms with Gasteiger partial charge in [0, 0.05) is 18.6 Å². The Labute approximate surface area is 163 Å². The van der Waals surface area contributed by atoms with Gasteiger partial charge in [-0.05, 0) is 39.0 Å². The number of morpholine rings is 1. The molecule has 0 unspecified atom stereocenters. The molecule has 0 radical (unpaired) electrons. The maximum atomic E-state index is 12.7. The Balaban J connectivity index is 2.14. The van der Waals surface area contributed by atoms with Crippen molar-refractivity contribution in [2.24, 2.45) is 0 Å². The lowest BCUT2D eigenvalue weighted by atomic mass is 10.1. The zero-order chi connectivity index (χ0) is 20.2. The van der Waals surface area contributed by atoms with Gasteiger partial charge in [-0.15, -0.1) is 0 Å². The van der Waals surface area contributed by atoms with Crippen molar-refractivity contribution in [1.82, 2.24) is 9.62 Å². The molecule has 0 bridgehead atoms. The second kappa shape index (κ2) is 8.55. The summed E-state index contributed by atoms with van der Waals surface area (Å²) in [7, 11) is -3.78. The van der Waals surface area contributed by atoms with Gasteiger partial charge in [0.05, 0.1) is 28.7 Å². The number of rotatable bonds is 5. The molecule has 0 saturated carbocycles. The Kier molecular flexibility index (Phi) is 6.85. The molecule has 1 heterocycles. The molecule has 1 aliphatic heterocycles. The fraction of sp³-hybridized carbons (Fsp3) is 0.529. The van der Waals surface area contributed by atoms with E-state index in [0.29, 0.717) is 13.2 Å². The zero-order valence-corrected chi connectivity index (χ0v) is 17.0. The van der Waals surface area contributed by atoms with E-state index in [4.69, 9.17) is 21.1 Å². The van der Waals surface area contributed by atoms with Crippen molar-refractivity contribution in [3.8, 4) is 0 Å². The fourth-order valence-electron chi connectivity index (χ4n) is 2.42. The maximum absolute atomic E-state index is 12.7. The number of nitrogens with one attached hydrogen (secondary N) is 1. The number of carbonyl (C=O) groups excluding carboxylic acids is 2. The van der Waals surface area contributed by atoms with Gasteiger partial charge in [-0.3, -0.25) is 4.79 Å². The molecule has 0 aliphatic carbocycles. The van der Waals surface area contributed by atoms with Crippen molar-refractivity contribution in [2.45, 2.75) is 31.2 Å². The Morgan fingerprint density at radius 1 is 1.26 bits per heavy atom. The number of esters is 1. The molecule has 27 heavy (non-hydrogen) atoms. The van der Waals surface area contributed by atoms with Gasteiger partial charge in [0.2, 0.25) is 10.0 Å². The van der Waals surface area contributed by atoms with Gasteiger partial charge in [0.15, 0.2) is 6.61 Å². The van der Waals surface area contributed by atoms with E-state index in [1.54, 1.807) is 20.8 Å². The quantitative estimate of drug-likeness (QED) is 0.726. The van der Waals surface area contributed by atoms with Crippen LogP contribution in [0.15, 0.2) is 23.1 Å². The highest BCUT2D eigenvalue weighted by Gasteiger charge is 2.28. The molecule has 1 N–H and O–H groups in total. The van der Waals surface area contributed by atoms with Gasteiger partial charge >= 0.3 is 5.97 Å². The number of ether oxygens (including phenoxy) is 2. The minimum absolute atomic E-state index is 0.0390. The van der Waals surface area contributed by atoms with Crippen molar-refractivity contribution in [3.05, 3.63) is 28.8 Å². The van der Waals surface area contributed by atoms with Gasteiger partial charge in [-0.1, -0.05) is 11.6 Å². The molecular formula is C17H23ClN2O6S. The highest BCUT2D eigenvalue weighted by molar-refractivity contribution is 7.89. The first-order valence-electron chi connectivity index (χ1n) is 8.36. The Morgan fingerprint density at radius 2 is 1.89 bits per heavy atom. The minimum Gasteiger partial charge on any atom is -0.452 e. The fourth-order valence-corrected chi connectivity index (χ4v) is 4.05. The number of sulfonamides is 1. The lowest BCUT2D eigenvalue weighted by Crippen LogP contribution is -2.42. The maximum Gasteiger partial charge on any atom is 0.340 e. The summed E-state index contributed by atoms with van der Waals surface area (Å²) in [4.78, 5) is 24.0. The normalized spacial score (nSPS) is 16.0. The van der Waals surface area contributed by atoms with E-state index in [2.05, 4.69) is 5.32 Å². The van der Waals surface area contributed by atoms with Crippen LogP contribution in [-0.2, 0) is 24.3 Å². The van der Waals surface area contributed by atoms with Crippen LogP contribution in [0.4, 0.5) is 0 Å². The van der Waals surface area contributed by atoms with Gasteiger partial charge in [0.25, 0.3) is 5.91 Å². The smallest absolute Gasteiger partial charge is 0.340 e. The van der Waals surface area contributed by atoms with Crippen LogP contribution in [0, 0.1) is 0 Å². The molecule has 0 atom stereocenters. The minimum atomic E-state index is -3.78. The monoisotopic (exact) mass is 418 g/mol. The van der Waals surface area contributed by atoms with Crippen LogP contribution in [0.2, 0.25) is 5.02 Å². The molecule has 1 aromatic carbocycles. The third kappa shape index (κ3) is 5.90. The van der Waals surface area contributed by atoms with Crippen molar-refractivity contribution in [2.75, 3.05) is 32.9 Å². The van der Waals surface area contributed by atoms with E-state index in [1.165, 1.54) is 16.4 Å². The van der Waals surface area contributed by atoms with E-state index in [9.17, 15) is 18.0 Å². The van der Waals surface area contributed by atoms with Gasteiger partial charge < -0.3 is 14.8 Å². The standard InChI is InChI=1S/C17H23ClN2O6S/c1-17(2,3)19-15(21)11-26-16(22)13-10-12(4-5-14(13)18)27(23,24)20-6-8-25-9-7-20/h4-5,10H,6-9,11H2,1-3H3,(H,19,21). The average Bonchev–Trinajstić information content (AvgIpc) is 2.59. The predicted octanol–water partition coefficient (Wildman–Crippen LogP) is 1.43. The van der Waals surface area contributed by atoms with Crippen LogP contribution in [0.5, 0.6) is 0 Å². The molecule has 1 fully saturated rings. The Bertz CT molecular complexity index is 813. The van der Waals surface area contributed by atoms with Gasteiger partial charge in [0.1, 0.15) is 0 Å². The van der Waals surface area contributed by atoms with Crippen molar-refractivity contribution in [3.63, 3.8) is 0 Å². The summed E-state index contributed by atoms with van der Waals surface area (Å²) in [5.74, 6) is -1.34. The summed E-state index contributed by atoms with van der Waals surface area (Å²) in [6, 6.07) is 3.81. The molecule has 8 nitrogen and oxygen atoms in total. The molecule has 2 rings (SSSR count). The van der Waals surface area contributed by atoms with Crippen molar-refractivity contribution in [1.29, 1.82) is 0 Å². The molecule has 1 saturated heterocycles. The summed E-state index contributed by atoms with van der Waals surface area (Å²) in [5.41, 5.74) is -0.581. The van der Waals surface area contributed by atoms with E-state index < -0.39 is 34.0 Å². The average molecular weight is 419 g/mol. The highest BCUT2D eigenvalue weighted by Crippen LogP contribution is 2.24. The number of nitrogens with zero attached hydrogens (tertiary/aromatic N) is 1. The number of benzene rings is 1. The van der Waals surface area contributed by atoms with E-state index in [-0.39, 0.29) is 28.6 Å². The van der Waals surface area contributed by atoms with E-state index in [0.717, 1.165) is 6.07 Å². The zero-order valence-electron chi connectivity index (χ0n) is 15.5. The third-order valence-electron chi connectivity index (χ3n) is 3.61. The number of hydrogen-bond donors (Lipinski definition) is 1. The number of hydrogen-bond acceptors (Lipinski definition) is 6. The summed E-state index contributed by atoms with van der Waals surface area (Å²) >= 11 is 6.02. The van der Waals surface area contributed by atoms with Gasteiger partial charge in [-0.25, -0.2) is 13.2 Å². The van der Waals surface area contributed by atoms with Gasteiger partial charge in [-0.2, -0.15) is 4.31 Å². The molecule has 1 aliphatic rings. The summed E-state index contributed by atoms with van der Waals surface area (Å²) < 4.78 is 36.8. The Morgan fingerprint density at radius 3 is 2.48 bits per heavy atom. The molecular weight excluding hydrogens is 396 g/mol. The number of halogens is 1. The molecule has 1 aromatic rings. The van der Waals surface area contributed by atoms with Crippen LogP contribution in [0.1, 0.15) is 31.1 Å². The number of amides is 1. The second-order valence-corrected chi connectivity index (χ2v) is 9.38. The van der Waals surface area contributed by atoms with Crippen molar-refractivity contribution >= 4 is 33.5 Å². The van der Waals surface area contributed by atoms with Crippen LogP contribution >= 0.6 is 11.6 Å². The first-order valence-corrected chi connectivity index (χ1v) is 10.2. The Hall–Kier alpha value is -1.68. The largest absolute Gasteiger partial charge is 0.452 e. The molecule has 0 spiro atoms. The molecule has 0 aromatic heterocycles. The van der Waals surface area contributed by atoms with E-state index >= 15 is 0 Å². The highest BCUT2D eigenvalue weighted by atomic mass is 35.5. The lowest BCUT2D eigenvalue weighted by molar-refractivity contribution is -0.125. The van der Waals surface area contributed by atoms with E-state index in [1.807, 2.05) is 0 Å². The topological polar surface area (TPSA) is 102 Å². The van der Waals surface area contributed by atoms with Crippen LogP contribution in [-0.4, -0.2) is 63.0 Å². The first kappa shape index (κ1) is 21.6. The third-order valence-corrected chi connectivity index (χ3v) is 5.84.